The van der Waals surface area contributed by atoms with Gasteiger partial charge in [-0.05, 0) is 70.8 Å². The molecular formula is C26H20N4O2. The molecule has 4 N–H and O–H groups in total. The Labute approximate surface area is 185 Å². The number of anilines is 2. The van der Waals surface area contributed by atoms with Crippen molar-refractivity contribution in [3.63, 3.8) is 0 Å². The van der Waals surface area contributed by atoms with E-state index < -0.39 is 0 Å². The van der Waals surface area contributed by atoms with E-state index >= 15 is 0 Å². The second kappa shape index (κ2) is 10.9. The van der Waals surface area contributed by atoms with Crippen LogP contribution in [0.3, 0.4) is 0 Å². The summed E-state index contributed by atoms with van der Waals surface area (Å²) in [5, 5.41) is 0. The highest BCUT2D eigenvalue weighted by atomic mass is 16.1. The standard InChI is InChI=1S/C14H8N2O2.C12H12N2/c17-9-15-13-5-1-11(2-6-13)12-3-7-14(8-4-12)16-10-18;13-11-5-1-9(2-6-11)10-3-7-12(14)8-4-10/h1-8H;1-8H,13-14H2. The maximum atomic E-state index is 10.1. The molecule has 4 aromatic carbocycles. The van der Waals surface area contributed by atoms with Crippen molar-refractivity contribution in [3.05, 3.63) is 97.1 Å². The Kier molecular flexibility index (Phi) is 7.44. The van der Waals surface area contributed by atoms with Crippen LogP contribution in [0.2, 0.25) is 0 Å². The first kappa shape index (κ1) is 21.9. The summed E-state index contributed by atoms with van der Waals surface area (Å²) < 4.78 is 0. The predicted octanol–water partition coefficient (Wildman–Crippen LogP) is 5.81. The molecule has 0 aliphatic heterocycles. The Morgan fingerprint density at radius 3 is 0.938 bits per heavy atom. The van der Waals surface area contributed by atoms with E-state index in [4.69, 9.17) is 11.5 Å². The van der Waals surface area contributed by atoms with Crippen LogP contribution < -0.4 is 11.5 Å². The number of rotatable bonds is 4. The van der Waals surface area contributed by atoms with Crippen molar-refractivity contribution in [1.29, 1.82) is 0 Å². The lowest BCUT2D eigenvalue weighted by Gasteiger charge is -2.02. The topological polar surface area (TPSA) is 111 Å². The fourth-order valence-corrected chi connectivity index (χ4v) is 2.91. The molecule has 0 aromatic heterocycles. The minimum atomic E-state index is 0.566. The Bertz CT molecular complexity index is 1150. The second-order valence-electron chi connectivity index (χ2n) is 6.74. The van der Waals surface area contributed by atoms with Crippen LogP contribution in [0, 0.1) is 0 Å². The van der Waals surface area contributed by atoms with Gasteiger partial charge in [-0.1, -0.05) is 48.5 Å². The van der Waals surface area contributed by atoms with Crippen LogP contribution >= 0.6 is 0 Å². The third-order valence-corrected chi connectivity index (χ3v) is 4.57. The Morgan fingerprint density at radius 2 is 0.688 bits per heavy atom. The fourth-order valence-electron chi connectivity index (χ4n) is 2.91. The van der Waals surface area contributed by atoms with Gasteiger partial charge in [0.25, 0.3) is 0 Å². The SMILES string of the molecule is Nc1ccc(-c2ccc(N)cc2)cc1.O=C=Nc1ccc(-c2ccc(N=C=O)cc2)cc1. The fraction of sp³-hybridized carbons (Fsp3) is 0. The van der Waals surface area contributed by atoms with Gasteiger partial charge in [0.2, 0.25) is 12.2 Å². The third-order valence-electron chi connectivity index (χ3n) is 4.57. The molecule has 0 saturated carbocycles. The number of hydrogen-bond acceptors (Lipinski definition) is 6. The van der Waals surface area contributed by atoms with Crippen LogP contribution in [0.15, 0.2) is 107 Å². The largest absolute Gasteiger partial charge is 0.399 e. The maximum Gasteiger partial charge on any atom is 0.240 e. The summed E-state index contributed by atoms with van der Waals surface area (Å²) in [7, 11) is 0. The molecule has 0 heterocycles. The van der Waals surface area contributed by atoms with Crippen LogP contribution in [0.1, 0.15) is 0 Å². The number of nitrogens with zero attached hydrogens (tertiary/aromatic N) is 2. The number of hydrogen-bond donors (Lipinski definition) is 2. The van der Waals surface area contributed by atoms with Gasteiger partial charge in [-0.15, -0.1) is 0 Å². The highest BCUT2D eigenvalue weighted by molar-refractivity contribution is 5.68. The van der Waals surface area contributed by atoms with Crippen LogP contribution in [0.25, 0.3) is 22.3 Å². The lowest BCUT2D eigenvalue weighted by Crippen LogP contribution is -1.85. The number of aliphatic imine (C=N–C) groups is 2. The Balaban J connectivity index is 0.000000186. The number of carbonyl (C=O) groups excluding carboxylic acids is 2. The highest BCUT2D eigenvalue weighted by Gasteiger charge is 1.98. The second-order valence-corrected chi connectivity index (χ2v) is 6.74. The summed E-state index contributed by atoms with van der Waals surface area (Å²) in [6.07, 6.45) is 2.98. The van der Waals surface area contributed by atoms with E-state index in [1.807, 2.05) is 72.8 Å². The molecule has 0 amide bonds. The molecule has 0 aliphatic rings. The average Bonchev–Trinajstić information content (AvgIpc) is 2.82. The van der Waals surface area contributed by atoms with Gasteiger partial charge in [-0.3, -0.25) is 0 Å². The summed E-state index contributed by atoms with van der Waals surface area (Å²) in [6.45, 7) is 0. The van der Waals surface area contributed by atoms with Crippen molar-refractivity contribution < 1.29 is 9.59 Å². The monoisotopic (exact) mass is 420 g/mol. The van der Waals surface area contributed by atoms with E-state index in [1.54, 1.807) is 24.3 Å². The molecule has 0 atom stereocenters. The zero-order chi connectivity index (χ0) is 22.8. The summed E-state index contributed by atoms with van der Waals surface area (Å²) in [5.74, 6) is 0. The molecule has 4 rings (SSSR count). The number of isocyanates is 2. The molecular weight excluding hydrogens is 400 g/mol. The van der Waals surface area contributed by atoms with Gasteiger partial charge in [-0.25, -0.2) is 9.59 Å². The molecule has 0 fully saturated rings. The third kappa shape index (κ3) is 6.12. The summed E-state index contributed by atoms with van der Waals surface area (Å²) in [5.41, 5.74) is 18.2. The van der Waals surface area contributed by atoms with Gasteiger partial charge in [-0.2, -0.15) is 9.98 Å². The van der Waals surface area contributed by atoms with Crippen molar-refractivity contribution >= 4 is 34.9 Å². The molecule has 6 nitrogen and oxygen atoms in total. The first-order valence-corrected chi connectivity index (χ1v) is 9.67. The number of benzene rings is 4. The van der Waals surface area contributed by atoms with Gasteiger partial charge >= 0.3 is 0 Å². The number of nitrogen functional groups attached to an aromatic ring is 2. The predicted molar refractivity (Wildman–Crippen MR) is 128 cm³/mol. The zero-order valence-corrected chi connectivity index (χ0v) is 17.1. The van der Waals surface area contributed by atoms with Gasteiger partial charge in [0.05, 0.1) is 11.4 Å². The van der Waals surface area contributed by atoms with Crippen molar-refractivity contribution in [2.45, 2.75) is 0 Å². The quantitative estimate of drug-likeness (QED) is 0.247. The molecule has 4 aromatic rings. The molecule has 0 unspecified atom stereocenters. The van der Waals surface area contributed by atoms with Crippen LogP contribution in [-0.2, 0) is 9.59 Å². The molecule has 0 aliphatic carbocycles. The van der Waals surface area contributed by atoms with Gasteiger partial charge in [0.15, 0.2) is 0 Å². The summed E-state index contributed by atoms with van der Waals surface area (Å²) in [4.78, 5) is 27.2. The van der Waals surface area contributed by atoms with Crippen molar-refractivity contribution in [3.8, 4) is 22.3 Å². The Morgan fingerprint density at radius 1 is 0.438 bits per heavy atom. The zero-order valence-electron chi connectivity index (χ0n) is 17.1. The van der Waals surface area contributed by atoms with Crippen LogP contribution in [-0.4, -0.2) is 12.2 Å². The minimum Gasteiger partial charge on any atom is -0.399 e. The molecule has 156 valence electrons. The first-order chi connectivity index (χ1) is 15.6. The van der Waals surface area contributed by atoms with Gasteiger partial charge in [0, 0.05) is 11.4 Å². The normalized spacial score (nSPS) is 9.50. The van der Waals surface area contributed by atoms with Gasteiger partial charge in [0.1, 0.15) is 0 Å². The van der Waals surface area contributed by atoms with E-state index in [1.165, 1.54) is 12.2 Å². The lowest BCUT2D eigenvalue weighted by atomic mass is 10.1. The minimum absolute atomic E-state index is 0.566. The van der Waals surface area contributed by atoms with Crippen molar-refractivity contribution in [2.24, 2.45) is 9.98 Å². The first-order valence-electron chi connectivity index (χ1n) is 9.67. The summed E-state index contributed by atoms with van der Waals surface area (Å²) in [6, 6.07) is 29.9. The van der Waals surface area contributed by atoms with Crippen molar-refractivity contribution in [1.82, 2.24) is 0 Å². The summed E-state index contributed by atoms with van der Waals surface area (Å²) >= 11 is 0. The molecule has 0 bridgehead atoms. The molecule has 0 radical (unpaired) electrons. The molecule has 6 heteroatoms. The van der Waals surface area contributed by atoms with Crippen molar-refractivity contribution in [2.75, 3.05) is 11.5 Å². The molecule has 0 spiro atoms. The smallest absolute Gasteiger partial charge is 0.240 e. The van der Waals surface area contributed by atoms with E-state index in [9.17, 15) is 9.59 Å². The van der Waals surface area contributed by atoms with Gasteiger partial charge < -0.3 is 11.5 Å². The maximum absolute atomic E-state index is 10.1. The lowest BCUT2D eigenvalue weighted by molar-refractivity contribution is 0.564. The number of nitrogens with two attached hydrogens (primary N) is 2. The van der Waals surface area contributed by atoms with E-state index in [-0.39, 0.29) is 0 Å². The van der Waals surface area contributed by atoms with Crippen LogP contribution in [0.5, 0.6) is 0 Å². The van der Waals surface area contributed by atoms with E-state index in [0.29, 0.717) is 11.4 Å². The molecule has 0 saturated heterocycles. The van der Waals surface area contributed by atoms with E-state index in [2.05, 4.69) is 9.98 Å². The van der Waals surface area contributed by atoms with E-state index in [0.717, 1.165) is 33.6 Å². The molecule has 32 heavy (non-hydrogen) atoms. The van der Waals surface area contributed by atoms with Crippen LogP contribution in [0.4, 0.5) is 22.7 Å². The Hall–Kier alpha value is -4.76. The highest BCUT2D eigenvalue weighted by Crippen LogP contribution is 2.24. The average molecular weight is 420 g/mol.